The maximum Gasteiger partial charge on any atom is 0.0968 e. The molecule has 4 nitrogen and oxygen atoms in total. The van der Waals surface area contributed by atoms with Crippen LogP contribution in [0.4, 0.5) is 0 Å². The van der Waals surface area contributed by atoms with Crippen LogP contribution in [-0.4, -0.2) is 15.2 Å². The van der Waals surface area contributed by atoms with Crippen molar-refractivity contribution in [3.63, 3.8) is 0 Å². The van der Waals surface area contributed by atoms with E-state index in [-0.39, 0.29) is 0 Å². The van der Waals surface area contributed by atoms with Crippen LogP contribution in [-0.2, 0) is 6.54 Å². The number of nitrogens with two attached hydrogens (primary N) is 1. The highest BCUT2D eigenvalue weighted by Gasteiger charge is 2.08. The molecule has 0 saturated carbocycles. The summed E-state index contributed by atoms with van der Waals surface area (Å²) in [7, 11) is 0. The van der Waals surface area contributed by atoms with Crippen LogP contribution in [0.2, 0.25) is 0 Å². The summed E-state index contributed by atoms with van der Waals surface area (Å²) in [5.74, 6) is 0. The summed E-state index contributed by atoms with van der Waals surface area (Å²) in [6.45, 7) is 2.49. The Morgan fingerprint density at radius 1 is 1.50 bits per heavy atom. The number of aromatic nitrogens is 3. The Labute approximate surface area is 82.2 Å². The second-order valence-electron chi connectivity index (χ2n) is 3.12. The lowest BCUT2D eigenvalue weighted by Gasteiger charge is -1.97. The molecular weight excluding hydrogens is 176 g/mol. The van der Waals surface area contributed by atoms with E-state index in [1.165, 1.54) is 0 Å². The van der Waals surface area contributed by atoms with Crippen molar-refractivity contribution in [1.82, 2.24) is 15.2 Å². The molecule has 0 bridgehead atoms. The van der Waals surface area contributed by atoms with Gasteiger partial charge in [-0.3, -0.25) is 10.1 Å². The van der Waals surface area contributed by atoms with Crippen LogP contribution in [0.3, 0.4) is 0 Å². The fraction of sp³-hybridized carbons (Fsp3) is 0.200. The van der Waals surface area contributed by atoms with Crippen LogP contribution < -0.4 is 5.73 Å². The van der Waals surface area contributed by atoms with Gasteiger partial charge in [-0.25, -0.2) is 0 Å². The third-order valence-corrected chi connectivity index (χ3v) is 2.25. The minimum atomic E-state index is 0.485. The van der Waals surface area contributed by atoms with Gasteiger partial charge in [0.1, 0.15) is 0 Å². The number of hydrogen-bond acceptors (Lipinski definition) is 3. The molecule has 2 aromatic heterocycles. The fourth-order valence-corrected chi connectivity index (χ4v) is 1.42. The van der Waals surface area contributed by atoms with Crippen LogP contribution in [0.5, 0.6) is 0 Å². The zero-order valence-electron chi connectivity index (χ0n) is 7.99. The van der Waals surface area contributed by atoms with Gasteiger partial charge in [-0.15, -0.1) is 0 Å². The molecule has 2 rings (SSSR count). The van der Waals surface area contributed by atoms with Crippen LogP contribution >= 0.6 is 0 Å². The molecule has 2 aromatic rings. The average Bonchev–Trinajstić information content (AvgIpc) is 2.61. The molecule has 0 aromatic carbocycles. The molecule has 3 N–H and O–H groups in total. The summed E-state index contributed by atoms with van der Waals surface area (Å²) in [6.07, 6.45) is 3.54. The summed E-state index contributed by atoms with van der Waals surface area (Å²) in [5, 5.41) is 7.13. The monoisotopic (exact) mass is 188 g/mol. The van der Waals surface area contributed by atoms with E-state index in [4.69, 9.17) is 5.73 Å². The van der Waals surface area contributed by atoms with E-state index < -0.39 is 0 Å². The number of H-pyrrole nitrogens is 1. The molecule has 0 saturated heterocycles. The molecule has 0 aliphatic carbocycles. The summed E-state index contributed by atoms with van der Waals surface area (Å²) in [5.41, 5.74) is 9.57. The third kappa shape index (κ3) is 1.40. The minimum absolute atomic E-state index is 0.485. The Morgan fingerprint density at radius 2 is 2.36 bits per heavy atom. The van der Waals surface area contributed by atoms with Crippen molar-refractivity contribution in [2.75, 3.05) is 0 Å². The Hall–Kier alpha value is -1.68. The van der Waals surface area contributed by atoms with Crippen molar-refractivity contribution in [2.45, 2.75) is 13.5 Å². The summed E-state index contributed by atoms with van der Waals surface area (Å²) in [6, 6.07) is 3.88. The number of pyridine rings is 1. The lowest BCUT2D eigenvalue weighted by Crippen LogP contribution is -1.98. The van der Waals surface area contributed by atoms with Gasteiger partial charge in [0.2, 0.25) is 0 Å². The van der Waals surface area contributed by atoms with Crippen molar-refractivity contribution in [3.8, 4) is 11.3 Å². The molecule has 0 atom stereocenters. The third-order valence-electron chi connectivity index (χ3n) is 2.25. The SMILES string of the molecule is Cc1c(-c2cccnc2)n[nH]c1CN. The first kappa shape index (κ1) is 8.90. The highest BCUT2D eigenvalue weighted by molar-refractivity contribution is 5.62. The van der Waals surface area contributed by atoms with Crippen molar-refractivity contribution in [1.29, 1.82) is 0 Å². The normalized spacial score (nSPS) is 10.4. The molecule has 0 fully saturated rings. The molecule has 2 heterocycles. The summed E-state index contributed by atoms with van der Waals surface area (Å²) >= 11 is 0. The van der Waals surface area contributed by atoms with E-state index in [2.05, 4.69) is 15.2 Å². The Morgan fingerprint density at radius 3 is 2.93 bits per heavy atom. The smallest absolute Gasteiger partial charge is 0.0968 e. The van der Waals surface area contributed by atoms with Crippen LogP contribution in [0, 0.1) is 6.92 Å². The first-order chi connectivity index (χ1) is 6.83. The molecule has 0 aliphatic heterocycles. The number of nitrogens with one attached hydrogen (secondary N) is 1. The number of nitrogens with zero attached hydrogens (tertiary/aromatic N) is 2. The first-order valence-corrected chi connectivity index (χ1v) is 4.47. The van der Waals surface area contributed by atoms with E-state index in [0.717, 1.165) is 22.5 Å². The molecule has 0 aliphatic rings. The van der Waals surface area contributed by atoms with Crippen LogP contribution in [0.25, 0.3) is 11.3 Å². The molecule has 0 amide bonds. The number of hydrogen-bond donors (Lipinski definition) is 2. The minimum Gasteiger partial charge on any atom is -0.325 e. The largest absolute Gasteiger partial charge is 0.325 e. The van der Waals surface area contributed by atoms with Gasteiger partial charge in [-0.1, -0.05) is 0 Å². The molecule has 14 heavy (non-hydrogen) atoms. The van der Waals surface area contributed by atoms with Crippen molar-refractivity contribution in [2.24, 2.45) is 5.73 Å². The maximum absolute atomic E-state index is 5.56. The van der Waals surface area contributed by atoms with Crippen molar-refractivity contribution < 1.29 is 0 Å². The lowest BCUT2D eigenvalue weighted by atomic mass is 10.1. The van der Waals surface area contributed by atoms with Gasteiger partial charge in [0.05, 0.1) is 11.4 Å². The Bertz CT molecular complexity index is 419. The van der Waals surface area contributed by atoms with E-state index in [1.54, 1.807) is 12.4 Å². The van der Waals surface area contributed by atoms with E-state index in [1.807, 2.05) is 19.1 Å². The molecule has 0 radical (unpaired) electrons. The zero-order chi connectivity index (χ0) is 9.97. The summed E-state index contributed by atoms with van der Waals surface area (Å²) < 4.78 is 0. The molecule has 4 heteroatoms. The lowest BCUT2D eigenvalue weighted by molar-refractivity contribution is 0.941. The van der Waals surface area contributed by atoms with Crippen molar-refractivity contribution in [3.05, 3.63) is 35.8 Å². The van der Waals surface area contributed by atoms with E-state index in [9.17, 15) is 0 Å². The Kier molecular flexibility index (Phi) is 2.28. The predicted octanol–water partition coefficient (Wildman–Crippen LogP) is 1.24. The fourth-order valence-electron chi connectivity index (χ4n) is 1.42. The van der Waals surface area contributed by atoms with E-state index >= 15 is 0 Å². The molecule has 0 unspecified atom stereocenters. The van der Waals surface area contributed by atoms with Crippen LogP contribution in [0.1, 0.15) is 11.3 Å². The second-order valence-corrected chi connectivity index (χ2v) is 3.12. The second kappa shape index (κ2) is 3.59. The number of rotatable bonds is 2. The quantitative estimate of drug-likeness (QED) is 0.745. The zero-order valence-corrected chi connectivity index (χ0v) is 7.99. The molecule has 72 valence electrons. The highest BCUT2D eigenvalue weighted by Crippen LogP contribution is 2.21. The molecule has 0 spiro atoms. The van der Waals surface area contributed by atoms with Gasteiger partial charge >= 0.3 is 0 Å². The first-order valence-electron chi connectivity index (χ1n) is 4.47. The predicted molar refractivity (Wildman–Crippen MR) is 54.4 cm³/mol. The average molecular weight is 188 g/mol. The summed E-state index contributed by atoms with van der Waals surface area (Å²) in [4.78, 5) is 4.05. The standard InChI is InChI=1S/C10H12N4/c1-7-9(5-11)13-14-10(7)8-3-2-4-12-6-8/h2-4,6H,5,11H2,1H3,(H,13,14). The topological polar surface area (TPSA) is 67.6 Å². The highest BCUT2D eigenvalue weighted by atomic mass is 15.1. The van der Waals surface area contributed by atoms with Gasteiger partial charge in [-0.05, 0) is 24.6 Å². The van der Waals surface area contributed by atoms with Gasteiger partial charge in [-0.2, -0.15) is 5.10 Å². The van der Waals surface area contributed by atoms with E-state index in [0.29, 0.717) is 6.54 Å². The van der Waals surface area contributed by atoms with Crippen LogP contribution in [0.15, 0.2) is 24.5 Å². The van der Waals surface area contributed by atoms with Gasteiger partial charge < -0.3 is 5.73 Å². The Balaban J connectivity index is 2.48. The van der Waals surface area contributed by atoms with Crippen molar-refractivity contribution >= 4 is 0 Å². The van der Waals surface area contributed by atoms with Gasteiger partial charge in [0.25, 0.3) is 0 Å². The number of aromatic amines is 1. The van der Waals surface area contributed by atoms with Gasteiger partial charge in [0.15, 0.2) is 0 Å². The maximum atomic E-state index is 5.56. The molecular formula is C10H12N4. The van der Waals surface area contributed by atoms with Gasteiger partial charge in [0, 0.05) is 24.5 Å².